The maximum atomic E-state index is 13.6. The van der Waals surface area contributed by atoms with Crippen molar-refractivity contribution in [2.75, 3.05) is 0 Å². The van der Waals surface area contributed by atoms with Crippen LogP contribution in [0.4, 0.5) is 0 Å². The standard InChI is InChI=1S/C30H25NO2/c1-18-9-11-23(12-10-18)29-21(4)27(26-16-19(2)15-20(3)28(26)31-29)30(32)33-25-14-13-22-7-5-6-8-24(22)17-25/h5-17H,1-4H3. The van der Waals surface area contributed by atoms with Gasteiger partial charge >= 0.3 is 5.97 Å². The Bertz CT molecular complexity index is 1530. The zero-order valence-electron chi connectivity index (χ0n) is 19.3. The predicted octanol–water partition coefficient (Wildman–Crippen LogP) is 7.51. The summed E-state index contributed by atoms with van der Waals surface area (Å²) in [5.74, 6) is 0.165. The first kappa shape index (κ1) is 20.9. The quantitative estimate of drug-likeness (QED) is 0.219. The predicted molar refractivity (Wildman–Crippen MR) is 135 cm³/mol. The smallest absolute Gasteiger partial charge is 0.344 e. The Labute approximate surface area is 193 Å². The molecule has 162 valence electrons. The number of hydrogen-bond acceptors (Lipinski definition) is 3. The van der Waals surface area contributed by atoms with Crippen molar-refractivity contribution >= 4 is 27.6 Å². The lowest BCUT2D eigenvalue weighted by atomic mass is 9.95. The van der Waals surface area contributed by atoms with Crippen LogP contribution in [0.2, 0.25) is 0 Å². The molecule has 4 aromatic carbocycles. The molecule has 0 spiro atoms. The molecule has 3 heteroatoms. The summed E-state index contributed by atoms with van der Waals surface area (Å²) in [6, 6.07) is 26.1. The molecule has 0 unspecified atom stereocenters. The molecule has 3 nitrogen and oxygen atoms in total. The normalized spacial score (nSPS) is 11.2. The van der Waals surface area contributed by atoms with Gasteiger partial charge in [-0.3, -0.25) is 0 Å². The first-order chi connectivity index (χ1) is 15.9. The molecule has 0 aliphatic heterocycles. The molecule has 0 atom stereocenters. The molecular weight excluding hydrogens is 406 g/mol. The lowest BCUT2D eigenvalue weighted by Gasteiger charge is -2.16. The van der Waals surface area contributed by atoms with Crippen LogP contribution in [0.3, 0.4) is 0 Å². The minimum absolute atomic E-state index is 0.367. The molecule has 0 amide bonds. The highest BCUT2D eigenvalue weighted by atomic mass is 16.5. The summed E-state index contributed by atoms with van der Waals surface area (Å²) in [5, 5.41) is 2.97. The van der Waals surface area contributed by atoms with Crippen molar-refractivity contribution in [3.05, 3.63) is 107 Å². The van der Waals surface area contributed by atoms with Crippen LogP contribution in [0.15, 0.2) is 78.9 Å². The topological polar surface area (TPSA) is 39.2 Å². The summed E-state index contributed by atoms with van der Waals surface area (Å²) in [6.45, 7) is 8.09. The summed E-state index contributed by atoms with van der Waals surface area (Å²) in [6.07, 6.45) is 0. The minimum Gasteiger partial charge on any atom is -0.423 e. The molecule has 0 bridgehead atoms. The molecule has 0 radical (unpaired) electrons. The van der Waals surface area contributed by atoms with E-state index >= 15 is 0 Å². The first-order valence-electron chi connectivity index (χ1n) is 11.1. The van der Waals surface area contributed by atoms with E-state index in [-0.39, 0.29) is 5.97 Å². The van der Waals surface area contributed by atoms with Crippen molar-refractivity contribution in [1.29, 1.82) is 0 Å². The van der Waals surface area contributed by atoms with Crippen LogP contribution < -0.4 is 4.74 Å². The monoisotopic (exact) mass is 431 g/mol. The van der Waals surface area contributed by atoms with Gasteiger partial charge in [0.1, 0.15) is 5.75 Å². The number of aromatic nitrogens is 1. The number of fused-ring (bicyclic) bond motifs is 2. The van der Waals surface area contributed by atoms with E-state index in [1.165, 1.54) is 5.56 Å². The summed E-state index contributed by atoms with van der Waals surface area (Å²) in [4.78, 5) is 18.6. The number of rotatable bonds is 3. The van der Waals surface area contributed by atoms with Gasteiger partial charge in [-0.1, -0.05) is 71.8 Å². The molecule has 0 N–H and O–H groups in total. The van der Waals surface area contributed by atoms with E-state index in [4.69, 9.17) is 9.72 Å². The van der Waals surface area contributed by atoms with Gasteiger partial charge in [-0.25, -0.2) is 9.78 Å². The van der Waals surface area contributed by atoms with Crippen LogP contribution in [0.25, 0.3) is 32.9 Å². The highest BCUT2D eigenvalue weighted by Gasteiger charge is 2.22. The van der Waals surface area contributed by atoms with Gasteiger partial charge < -0.3 is 4.74 Å². The third-order valence-electron chi connectivity index (χ3n) is 6.13. The van der Waals surface area contributed by atoms with Crippen LogP contribution in [-0.4, -0.2) is 11.0 Å². The largest absolute Gasteiger partial charge is 0.423 e. The van der Waals surface area contributed by atoms with Gasteiger partial charge in [0.15, 0.2) is 0 Å². The Morgan fingerprint density at radius 3 is 2.24 bits per heavy atom. The molecule has 1 aromatic heterocycles. The molecule has 0 saturated heterocycles. The molecule has 0 aliphatic rings. The minimum atomic E-state index is -0.367. The fourth-order valence-electron chi connectivity index (χ4n) is 4.46. The Kier molecular flexibility index (Phi) is 5.18. The van der Waals surface area contributed by atoms with Gasteiger partial charge in [0.25, 0.3) is 0 Å². The Morgan fingerprint density at radius 1 is 0.758 bits per heavy atom. The summed E-state index contributed by atoms with van der Waals surface area (Å²) < 4.78 is 5.92. The molecule has 0 aliphatic carbocycles. The fourth-order valence-corrected chi connectivity index (χ4v) is 4.46. The first-order valence-corrected chi connectivity index (χ1v) is 11.1. The maximum Gasteiger partial charge on any atom is 0.344 e. The van der Waals surface area contributed by atoms with Gasteiger partial charge in [0.05, 0.1) is 16.8 Å². The van der Waals surface area contributed by atoms with Crippen LogP contribution >= 0.6 is 0 Å². The van der Waals surface area contributed by atoms with Crippen LogP contribution in [0.1, 0.15) is 32.6 Å². The van der Waals surface area contributed by atoms with Gasteiger partial charge in [-0.2, -0.15) is 0 Å². The molecule has 1 heterocycles. The molecule has 33 heavy (non-hydrogen) atoms. The average Bonchev–Trinajstić information content (AvgIpc) is 2.79. The lowest BCUT2D eigenvalue weighted by Crippen LogP contribution is -2.13. The van der Waals surface area contributed by atoms with Crippen molar-refractivity contribution in [3.8, 4) is 17.0 Å². The van der Waals surface area contributed by atoms with Gasteiger partial charge in [0, 0.05) is 10.9 Å². The molecular formula is C30H25NO2. The van der Waals surface area contributed by atoms with Crippen molar-refractivity contribution in [2.24, 2.45) is 0 Å². The highest BCUT2D eigenvalue weighted by Crippen LogP contribution is 2.33. The number of pyridine rings is 1. The maximum absolute atomic E-state index is 13.6. The van der Waals surface area contributed by atoms with E-state index in [1.54, 1.807) is 0 Å². The van der Waals surface area contributed by atoms with Gasteiger partial charge in [0.2, 0.25) is 0 Å². The second-order valence-corrected chi connectivity index (χ2v) is 8.70. The van der Waals surface area contributed by atoms with Crippen molar-refractivity contribution < 1.29 is 9.53 Å². The molecule has 0 saturated carbocycles. The number of nitrogens with zero attached hydrogens (tertiary/aromatic N) is 1. The zero-order valence-corrected chi connectivity index (χ0v) is 19.3. The van der Waals surface area contributed by atoms with Crippen LogP contribution in [-0.2, 0) is 0 Å². The van der Waals surface area contributed by atoms with E-state index in [2.05, 4.69) is 37.3 Å². The third-order valence-corrected chi connectivity index (χ3v) is 6.13. The van der Waals surface area contributed by atoms with Gasteiger partial charge in [-0.05, 0) is 67.8 Å². The van der Waals surface area contributed by atoms with Crippen molar-refractivity contribution in [2.45, 2.75) is 27.7 Å². The summed E-state index contributed by atoms with van der Waals surface area (Å²) >= 11 is 0. The third kappa shape index (κ3) is 3.87. The Morgan fingerprint density at radius 2 is 1.48 bits per heavy atom. The number of esters is 1. The van der Waals surface area contributed by atoms with E-state index in [0.717, 1.165) is 49.6 Å². The number of carbonyl (C=O) groups is 1. The number of hydrogen-bond donors (Lipinski definition) is 0. The van der Waals surface area contributed by atoms with E-state index in [0.29, 0.717) is 11.3 Å². The Balaban J connectivity index is 1.68. The fraction of sp³-hybridized carbons (Fsp3) is 0.133. The Hall–Kier alpha value is -3.98. The number of aryl methyl sites for hydroxylation is 3. The summed E-state index contributed by atoms with van der Waals surface area (Å²) in [7, 11) is 0. The van der Waals surface area contributed by atoms with Crippen LogP contribution in [0.5, 0.6) is 5.75 Å². The van der Waals surface area contributed by atoms with Crippen molar-refractivity contribution in [3.63, 3.8) is 0 Å². The van der Waals surface area contributed by atoms with Gasteiger partial charge in [-0.15, -0.1) is 0 Å². The van der Waals surface area contributed by atoms with E-state index in [1.807, 2.05) is 69.3 Å². The number of benzene rings is 4. The van der Waals surface area contributed by atoms with E-state index in [9.17, 15) is 4.79 Å². The molecule has 5 aromatic rings. The average molecular weight is 432 g/mol. The SMILES string of the molecule is Cc1ccc(-c2nc3c(C)cc(C)cc3c(C(=O)Oc3ccc4ccccc4c3)c2C)cc1. The molecule has 0 fully saturated rings. The second kappa shape index (κ2) is 8.18. The zero-order chi connectivity index (χ0) is 23.1. The number of carbonyl (C=O) groups excluding carboxylic acids is 1. The second-order valence-electron chi connectivity index (χ2n) is 8.70. The van der Waals surface area contributed by atoms with Crippen molar-refractivity contribution in [1.82, 2.24) is 4.98 Å². The van der Waals surface area contributed by atoms with E-state index < -0.39 is 0 Å². The highest BCUT2D eigenvalue weighted by molar-refractivity contribution is 6.08. The van der Waals surface area contributed by atoms with Crippen LogP contribution in [0, 0.1) is 27.7 Å². The summed E-state index contributed by atoms with van der Waals surface area (Å²) in [5.41, 5.74) is 7.31. The molecule has 5 rings (SSSR count). The number of ether oxygens (including phenoxy) is 1. The lowest BCUT2D eigenvalue weighted by molar-refractivity contribution is 0.0736.